The van der Waals surface area contributed by atoms with Gasteiger partial charge in [-0.25, -0.2) is 0 Å². The second-order valence-corrected chi connectivity index (χ2v) is 3.83. The van der Waals surface area contributed by atoms with Gasteiger partial charge in [0.15, 0.2) is 0 Å². The van der Waals surface area contributed by atoms with Gasteiger partial charge in [-0.2, -0.15) is 0 Å². The van der Waals surface area contributed by atoms with Gasteiger partial charge in [0.05, 0.1) is 18.9 Å². The van der Waals surface area contributed by atoms with Crippen LogP contribution in [0.4, 0.5) is 5.69 Å². The van der Waals surface area contributed by atoms with Crippen molar-refractivity contribution < 1.29 is 9.94 Å². The Labute approximate surface area is 95.1 Å². The van der Waals surface area contributed by atoms with E-state index < -0.39 is 0 Å². The van der Waals surface area contributed by atoms with E-state index in [-0.39, 0.29) is 0 Å². The summed E-state index contributed by atoms with van der Waals surface area (Å²) >= 11 is 0. The van der Waals surface area contributed by atoms with Crippen LogP contribution in [0.25, 0.3) is 0 Å². The molecule has 0 unspecified atom stereocenters. The Morgan fingerprint density at radius 2 is 1.88 bits per heavy atom. The summed E-state index contributed by atoms with van der Waals surface area (Å²) in [5.74, 6) is 0. The monoisotopic (exact) mass is 220 g/mol. The quantitative estimate of drug-likeness (QED) is 0.469. The van der Waals surface area contributed by atoms with Crippen LogP contribution < -0.4 is 4.90 Å². The van der Waals surface area contributed by atoms with Crippen molar-refractivity contribution in [2.45, 2.75) is 6.92 Å². The minimum Gasteiger partial charge on any atom is -0.411 e. The highest BCUT2D eigenvalue weighted by atomic mass is 16.5. The minimum absolute atomic E-state index is 0.633. The van der Waals surface area contributed by atoms with Crippen LogP contribution in [-0.4, -0.2) is 37.2 Å². The zero-order chi connectivity index (χ0) is 11.4. The molecule has 0 atom stereocenters. The van der Waals surface area contributed by atoms with E-state index in [0.29, 0.717) is 5.71 Å². The van der Waals surface area contributed by atoms with Gasteiger partial charge in [-0.15, -0.1) is 0 Å². The summed E-state index contributed by atoms with van der Waals surface area (Å²) < 4.78 is 5.31. The number of rotatable bonds is 2. The number of hydrogen-bond acceptors (Lipinski definition) is 4. The van der Waals surface area contributed by atoms with Crippen molar-refractivity contribution in [2.24, 2.45) is 5.16 Å². The second kappa shape index (κ2) is 4.99. The molecule has 1 N–H and O–H groups in total. The van der Waals surface area contributed by atoms with Crippen LogP contribution in [0.5, 0.6) is 0 Å². The fourth-order valence-corrected chi connectivity index (χ4v) is 1.79. The summed E-state index contributed by atoms with van der Waals surface area (Å²) in [4.78, 5) is 2.29. The summed E-state index contributed by atoms with van der Waals surface area (Å²) in [6.45, 7) is 5.24. The van der Waals surface area contributed by atoms with Gasteiger partial charge in [0, 0.05) is 18.8 Å². The van der Waals surface area contributed by atoms with Gasteiger partial charge in [0.25, 0.3) is 0 Å². The highest BCUT2D eigenvalue weighted by Crippen LogP contribution is 2.16. The molecule has 0 saturated carbocycles. The van der Waals surface area contributed by atoms with Gasteiger partial charge in [0.1, 0.15) is 0 Å². The van der Waals surface area contributed by atoms with Crippen molar-refractivity contribution in [1.82, 2.24) is 0 Å². The Balaban J connectivity index is 2.12. The molecule has 4 nitrogen and oxygen atoms in total. The maximum absolute atomic E-state index is 8.67. The lowest BCUT2D eigenvalue weighted by molar-refractivity contribution is 0.122. The van der Waals surface area contributed by atoms with Crippen LogP contribution >= 0.6 is 0 Å². The fourth-order valence-electron chi connectivity index (χ4n) is 1.79. The Bertz CT molecular complexity index is 367. The van der Waals surface area contributed by atoms with Gasteiger partial charge < -0.3 is 14.8 Å². The molecule has 1 saturated heterocycles. The largest absolute Gasteiger partial charge is 0.411 e. The number of hydrogen-bond donors (Lipinski definition) is 1. The predicted molar refractivity (Wildman–Crippen MR) is 63.5 cm³/mol. The number of nitrogens with zero attached hydrogens (tertiary/aromatic N) is 2. The normalized spacial score (nSPS) is 17.6. The lowest BCUT2D eigenvalue weighted by atomic mass is 10.1. The van der Waals surface area contributed by atoms with E-state index in [0.717, 1.165) is 31.9 Å². The maximum Gasteiger partial charge on any atom is 0.0836 e. The number of benzene rings is 1. The molecule has 1 aliphatic rings. The molecule has 16 heavy (non-hydrogen) atoms. The zero-order valence-electron chi connectivity index (χ0n) is 9.39. The first-order valence-corrected chi connectivity index (χ1v) is 5.43. The van der Waals surface area contributed by atoms with E-state index in [4.69, 9.17) is 9.94 Å². The number of anilines is 1. The molecule has 1 heterocycles. The third-order valence-corrected chi connectivity index (χ3v) is 2.81. The van der Waals surface area contributed by atoms with Crippen molar-refractivity contribution >= 4 is 11.4 Å². The zero-order valence-corrected chi connectivity index (χ0v) is 9.39. The summed E-state index contributed by atoms with van der Waals surface area (Å²) in [5.41, 5.74) is 2.77. The van der Waals surface area contributed by atoms with Crippen LogP contribution in [-0.2, 0) is 4.74 Å². The third kappa shape index (κ3) is 2.33. The van der Waals surface area contributed by atoms with Gasteiger partial charge in [-0.1, -0.05) is 17.3 Å². The van der Waals surface area contributed by atoms with Crippen LogP contribution in [0.1, 0.15) is 12.5 Å². The van der Waals surface area contributed by atoms with Gasteiger partial charge in [-0.05, 0) is 24.6 Å². The third-order valence-electron chi connectivity index (χ3n) is 2.81. The van der Waals surface area contributed by atoms with E-state index in [9.17, 15) is 0 Å². The molecule has 0 amide bonds. The smallest absolute Gasteiger partial charge is 0.0836 e. The molecule has 0 bridgehead atoms. The average Bonchev–Trinajstić information content (AvgIpc) is 2.39. The van der Waals surface area contributed by atoms with E-state index in [2.05, 4.69) is 22.2 Å². The van der Waals surface area contributed by atoms with Crippen LogP contribution in [0.2, 0.25) is 0 Å². The van der Waals surface area contributed by atoms with Gasteiger partial charge in [-0.3, -0.25) is 0 Å². The Kier molecular flexibility index (Phi) is 3.41. The predicted octanol–water partition coefficient (Wildman–Crippen LogP) is 1.72. The van der Waals surface area contributed by atoms with Gasteiger partial charge in [0.2, 0.25) is 0 Å². The lowest BCUT2D eigenvalue weighted by Crippen LogP contribution is -2.36. The van der Waals surface area contributed by atoms with E-state index >= 15 is 0 Å². The van der Waals surface area contributed by atoms with Crippen molar-refractivity contribution in [2.75, 3.05) is 31.2 Å². The SMILES string of the molecule is CC(=NO)c1ccc(N2CCOCC2)cc1. The summed E-state index contributed by atoms with van der Waals surface area (Å²) in [6.07, 6.45) is 0. The minimum atomic E-state index is 0.633. The number of morpholine rings is 1. The maximum atomic E-state index is 8.67. The molecule has 0 radical (unpaired) electrons. The molecule has 0 aliphatic carbocycles. The molecule has 86 valence electrons. The molecule has 1 aromatic carbocycles. The Hall–Kier alpha value is -1.55. The second-order valence-electron chi connectivity index (χ2n) is 3.83. The van der Waals surface area contributed by atoms with Crippen molar-refractivity contribution in [1.29, 1.82) is 0 Å². The Morgan fingerprint density at radius 3 is 2.44 bits per heavy atom. The Morgan fingerprint density at radius 1 is 1.25 bits per heavy atom. The topological polar surface area (TPSA) is 45.1 Å². The molecule has 0 spiro atoms. The molecule has 1 aliphatic heterocycles. The fraction of sp³-hybridized carbons (Fsp3) is 0.417. The molecule has 4 heteroatoms. The van der Waals surface area contributed by atoms with Crippen LogP contribution in [0.3, 0.4) is 0 Å². The molecule has 0 aromatic heterocycles. The first-order chi connectivity index (χ1) is 7.81. The summed E-state index contributed by atoms with van der Waals surface area (Å²) in [7, 11) is 0. The van der Waals surface area contributed by atoms with Gasteiger partial charge >= 0.3 is 0 Å². The molecular formula is C12H16N2O2. The van der Waals surface area contributed by atoms with Crippen LogP contribution in [0.15, 0.2) is 29.4 Å². The van der Waals surface area contributed by atoms with Crippen molar-refractivity contribution in [3.63, 3.8) is 0 Å². The standard InChI is InChI=1S/C12H16N2O2/c1-10(13-15)11-2-4-12(5-3-11)14-6-8-16-9-7-14/h2-5,15H,6-9H2,1H3. The van der Waals surface area contributed by atoms with E-state index in [1.807, 2.05) is 12.1 Å². The first-order valence-electron chi connectivity index (χ1n) is 5.43. The molecule has 1 fully saturated rings. The van der Waals surface area contributed by atoms with Crippen LogP contribution in [0, 0.1) is 0 Å². The summed E-state index contributed by atoms with van der Waals surface area (Å²) in [6, 6.07) is 8.05. The molecule has 2 rings (SSSR count). The van der Waals surface area contributed by atoms with Crippen molar-refractivity contribution in [3.05, 3.63) is 29.8 Å². The van der Waals surface area contributed by atoms with E-state index in [1.165, 1.54) is 5.69 Å². The first kappa shape index (κ1) is 11.0. The van der Waals surface area contributed by atoms with E-state index in [1.54, 1.807) is 6.92 Å². The number of ether oxygens (including phenoxy) is 1. The highest BCUT2D eigenvalue weighted by Gasteiger charge is 2.10. The average molecular weight is 220 g/mol. The highest BCUT2D eigenvalue weighted by molar-refractivity contribution is 5.98. The van der Waals surface area contributed by atoms with Crippen molar-refractivity contribution in [3.8, 4) is 0 Å². The summed E-state index contributed by atoms with van der Waals surface area (Å²) in [5, 5.41) is 11.9. The lowest BCUT2D eigenvalue weighted by Gasteiger charge is -2.28. The number of oxime groups is 1. The molecule has 1 aromatic rings. The molecular weight excluding hydrogens is 204 g/mol.